The quantitative estimate of drug-likeness (QED) is 0.170. The molecule has 2 aromatic carbocycles. The molecule has 1 aliphatic rings. The first-order chi connectivity index (χ1) is 27.8. The Labute approximate surface area is 329 Å². The van der Waals surface area contributed by atoms with Gasteiger partial charge in [-0.3, -0.25) is 23.9 Å². The molecule has 0 saturated heterocycles. The van der Waals surface area contributed by atoms with Gasteiger partial charge >= 0.3 is 11.7 Å². The highest BCUT2D eigenvalue weighted by atomic mass is 32.2. The van der Waals surface area contributed by atoms with E-state index in [4.69, 9.17) is 4.74 Å². The Hall–Kier alpha value is -6.63. The molecule has 0 bridgehead atoms. The number of pyridine rings is 2. The Kier molecular flexibility index (Phi) is 11.2. The average Bonchev–Trinajstić information content (AvgIpc) is 3.72. The van der Waals surface area contributed by atoms with Crippen LogP contribution in [0.15, 0.2) is 93.9 Å². The fourth-order valence-corrected chi connectivity index (χ4v) is 7.69. The number of carbonyl (C=O) groups excluding carboxylic acids is 2. The van der Waals surface area contributed by atoms with Gasteiger partial charge in [-0.25, -0.2) is 41.0 Å². The maximum atomic E-state index is 15.5. The van der Waals surface area contributed by atoms with Crippen molar-refractivity contribution in [2.24, 2.45) is 7.05 Å². The Morgan fingerprint density at radius 2 is 1.74 bits per heavy atom. The summed E-state index contributed by atoms with van der Waals surface area (Å²) in [5.74, 6) is -4.51. The van der Waals surface area contributed by atoms with Crippen molar-refractivity contribution in [2.75, 3.05) is 4.72 Å². The third-order valence-electron chi connectivity index (χ3n) is 9.84. The van der Waals surface area contributed by atoms with E-state index in [2.05, 4.69) is 25.6 Å². The van der Waals surface area contributed by atoms with E-state index in [-0.39, 0.29) is 22.5 Å². The summed E-state index contributed by atoms with van der Waals surface area (Å²) in [6, 6.07) is 9.52. The SMILES string of the molecule is CCc1cn(-c2ccc(S(=O)(=O)Nc3cc(F)c(C(=O)N[C@@H](Cc4ccc(-n5c(=O)c6ccncc6n(C)c5=O)nc4)C(=O)OC4CCCCC4)cc3F)cc2)nn1. The van der Waals surface area contributed by atoms with Gasteiger partial charge in [-0.05, 0) is 80.1 Å². The molecule has 0 unspecified atom stereocenters. The molecule has 1 aliphatic carbocycles. The van der Waals surface area contributed by atoms with Gasteiger partial charge in [-0.1, -0.05) is 24.6 Å². The van der Waals surface area contributed by atoms with Gasteiger partial charge in [0.2, 0.25) is 0 Å². The molecule has 6 aromatic rings. The minimum atomic E-state index is -4.41. The van der Waals surface area contributed by atoms with Gasteiger partial charge in [-0.15, -0.1) is 5.10 Å². The zero-order valence-corrected chi connectivity index (χ0v) is 32.1. The number of carbonyl (C=O) groups is 2. The zero-order chi connectivity index (χ0) is 41.1. The van der Waals surface area contributed by atoms with Crippen molar-refractivity contribution in [1.29, 1.82) is 0 Å². The lowest BCUT2D eigenvalue weighted by Gasteiger charge is -2.25. The minimum Gasteiger partial charge on any atom is -0.461 e. The van der Waals surface area contributed by atoms with Crippen LogP contribution in [0, 0.1) is 11.6 Å². The van der Waals surface area contributed by atoms with Crippen molar-refractivity contribution in [2.45, 2.75) is 68.9 Å². The molecular weight excluding hydrogens is 777 g/mol. The molecule has 300 valence electrons. The fourth-order valence-electron chi connectivity index (χ4n) is 6.63. The van der Waals surface area contributed by atoms with E-state index in [1.807, 2.05) is 11.6 Å². The Morgan fingerprint density at radius 3 is 2.43 bits per heavy atom. The molecule has 1 saturated carbocycles. The number of fused-ring (bicyclic) bond motifs is 1. The van der Waals surface area contributed by atoms with E-state index < -0.39 is 68.2 Å². The van der Waals surface area contributed by atoms with E-state index in [0.717, 1.165) is 29.5 Å². The van der Waals surface area contributed by atoms with Gasteiger partial charge < -0.3 is 10.1 Å². The van der Waals surface area contributed by atoms with Gasteiger partial charge in [0.25, 0.3) is 21.5 Å². The number of rotatable bonds is 12. The van der Waals surface area contributed by atoms with Crippen LogP contribution in [0.2, 0.25) is 0 Å². The highest BCUT2D eigenvalue weighted by Crippen LogP contribution is 2.25. The molecule has 4 heterocycles. The number of aryl methyl sites for hydroxylation is 2. The number of sulfonamides is 1. The Morgan fingerprint density at radius 1 is 0.983 bits per heavy atom. The summed E-state index contributed by atoms with van der Waals surface area (Å²) >= 11 is 0. The van der Waals surface area contributed by atoms with E-state index in [0.29, 0.717) is 48.2 Å². The van der Waals surface area contributed by atoms with E-state index in [9.17, 15) is 27.6 Å². The number of amides is 1. The van der Waals surface area contributed by atoms with Gasteiger partial charge in [-0.2, -0.15) is 0 Å². The molecule has 7 rings (SSSR count). The van der Waals surface area contributed by atoms with Crippen molar-refractivity contribution in [3.63, 3.8) is 0 Å². The van der Waals surface area contributed by atoms with Crippen LogP contribution in [-0.4, -0.2) is 66.5 Å². The number of aromatic nitrogens is 7. The van der Waals surface area contributed by atoms with Crippen molar-refractivity contribution in [1.82, 2.24) is 39.4 Å². The third kappa shape index (κ3) is 8.24. The van der Waals surface area contributed by atoms with Crippen LogP contribution < -0.4 is 21.3 Å². The van der Waals surface area contributed by atoms with Crippen molar-refractivity contribution in [3.8, 4) is 11.5 Å². The highest BCUT2D eigenvalue weighted by molar-refractivity contribution is 7.92. The molecule has 0 aliphatic heterocycles. The number of halogens is 2. The van der Waals surface area contributed by atoms with Gasteiger partial charge in [0.1, 0.15) is 29.6 Å². The van der Waals surface area contributed by atoms with Crippen LogP contribution >= 0.6 is 0 Å². The molecule has 16 nitrogen and oxygen atoms in total. The molecule has 1 amide bonds. The van der Waals surface area contributed by atoms with Crippen molar-refractivity contribution < 1.29 is 31.5 Å². The summed E-state index contributed by atoms with van der Waals surface area (Å²) in [7, 11) is -2.92. The second-order valence-electron chi connectivity index (χ2n) is 13.7. The average molecular weight is 814 g/mol. The summed E-state index contributed by atoms with van der Waals surface area (Å²) in [5, 5.41) is 10.7. The van der Waals surface area contributed by atoms with Crippen molar-refractivity contribution >= 4 is 38.5 Å². The van der Waals surface area contributed by atoms with Gasteiger partial charge in [0, 0.05) is 31.9 Å². The molecule has 58 heavy (non-hydrogen) atoms. The monoisotopic (exact) mass is 813 g/mol. The van der Waals surface area contributed by atoms with Crippen LogP contribution in [0.3, 0.4) is 0 Å². The highest BCUT2D eigenvalue weighted by Gasteiger charge is 2.29. The maximum Gasteiger partial charge on any atom is 0.337 e. The summed E-state index contributed by atoms with van der Waals surface area (Å²) in [4.78, 5) is 61.4. The van der Waals surface area contributed by atoms with E-state index >= 15 is 8.78 Å². The largest absolute Gasteiger partial charge is 0.461 e. The molecule has 2 N–H and O–H groups in total. The van der Waals surface area contributed by atoms with Crippen LogP contribution in [0.4, 0.5) is 14.5 Å². The van der Waals surface area contributed by atoms with Gasteiger partial charge in [0.15, 0.2) is 0 Å². The lowest BCUT2D eigenvalue weighted by Crippen LogP contribution is -2.45. The van der Waals surface area contributed by atoms with Crippen LogP contribution in [0.25, 0.3) is 22.4 Å². The lowest BCUT2D eigenvalue weighted by atomic mass is 9.97. The van der Waals surface area contributed by atoms with Crippen LogP contribution in [-0.2, 0) is 39.4 Å². The predicted molar refractivity (Wildman–Crippen MR) is 206 cm³/mol. The normalized spacial score (nSPS) is 13.9. The molecule has 19 heteroatoms. The number of ether oxygens (including phenoxy) is 1. The molecule has 0 radical (unpaired) electrons. The minimum absolute atomic E-state index is 0.000920. The number of nitrogens with one attached hydrogen (secondary N) is 2. The zero-order valence-electron chi connectivity index (χ0n) is 31.3. The Bertz CT molecular complexity index is 2750. The molecular formula is C39H37F2N9O7S. The number of hydrogen-bond donors (Lipinski definition) is 2. The fraction of sp³-hybridized carbons (Fsp3) is 0.282. The predicted octanol–water partition coefficient (Wildman–Crippen LogP) is 3.92. The van der Waals surface area contributed by atoms with Gasteiger partial charge in [0.05, 0.1) is 50.8 Å². The summed E-state index contributed by atoms with van der Waals surface area (Å²) in [5.41, 5.74) is -0.854. The molecule has 1 atom stereocenters. The van der Waals surface area contributed by atoms with E-state index in [1.54, 1.807) is 6.20 Å². The van der Waals surface area contributed by atoms with Crippen LogP contribution in [0.1, 0.15) is 60.6 Å². The smallest absolute Gasteiger partial charge is 0.337 e. The third-order valence-corrected chi connectivity index (χ3v) is 11.2. The lowest BCUT2D eigenvalue weighted by molar-refractivity contribution is -0.152. The van der Waals surface area contributed by atoms with E-state index in [1.165, 1.54) is 77.4 Å². The second kappa shape index (κ2) is 16.5. The number of benzene rings is 2. The first-order valence-corrected chi connectivity index (χ1v) is 19.9. The summed E-state index contributed by atoms with van der Waals surface area (Å²) < 4.78 is 68.6. The van der Waals surface area contributed by atoms with Crippen LogP contribution in [0.5, 0.6) is 0 Å². The standard InChI is InChI=1S/C39H37F2N9O7S/c1-3-24-22-49(47-45-24)25-10-12-27(13-11-25)58(55,56)46-32-19-30(40)29(18-31(32)41)36(51)44-33(38(53)57-26-7-5-4-6-8-26)17-23-9-14-35(43-20-23)50-37(52)28-15-16-42-21-34(28)48(2)39(50)54/h9-16,18-22,26,33,46H,3-8,17H2,1-2H3,(H,44,51)/t33-/m0/s1. The number of nitrogens with zero attached hydrogens (tertiary/aromatic N) is 7. The summed E-state index contributed by atoms with van der Waals surface area (Å²) in [6.07, 6.45) is 9.80. The molecule has 4 aromatic heterocycles. The topological polar surface area (TPSA) is 202 Å². The van der Waals surface area contributed by atoms with Crippen molar-refractivity contribution in [3.05, 3.63) is 129 Å². The number of anilines is 1. The summed E-state index contributed by atoms with van der Waals surface area (Å²) in [6.45, 7) is 1.91. The first-order valence-electron chi connectivity index (χ1n) is 18.4. The second-order valence-corrected chi connectivity index (χ2v) is 15.4. The molecule has 0 spiro atoms. The number of hydrogen-bond acceptors (Lipinski definition) is 11. The Balaban J connectivity index is 1.10. The maximum absolute atomic E-state index is 15.5. The molecule has 1 fully saturated rings. The first kappa shape index (κ1) is 39.6. The number of esters is 1.